The smallest absolute Gasteiger partial charge is 0.349 e. The molecule has 1 saturated heterocycles. The Balaban J connectivity index is 1.46. The van der Waals surface area contributed by atoms with Crippen molar-refractivity contribution in [3.8, 4) is 0 Å². The Morgan fingerprint density at radius 2 is 1.54 bits per heavy atom. The molecular weight excluding hydrogens is 662 g/mol. The number of fused-ring (bicyclic) bond motifs is 5. The van der Waals surface area contributed by atoms with Gasteiger partial charge in [0.2, 0.25) is 6.10 Å². The Kier molecular flexibility index (Phi) is 9.85. The molecule has 2 aromatic carbocycles. The Labute approximate surface area is 306 Å². The highest BCUT2D eigenvalue weighted by Gasteiger charge is 2.73. The van der Waals surface area contributed by atoms with Crippen LogP contribution in [-0.4, -0.2) is 72.0 Å². The topological polar surface area (TPSA) is 151 Å². The van der Waals surface area contributed by atoms with E-state index in [1.165, 1.54) is 6.92 Å². The number of Topliss-reactive ketones (excluding diaryl/α,β-unsaturated/α-hetero) is 1. The van der Waals surface area contributed by atoms with Crippen LogP contribution in [0.3, 0.4) is 0 Å². The third kappa shape index (κ3) is 5.73. The van der Waals surface area contributed by atoms with E-state index < -0.39 is 88.3 Å². The predicted molar refractivity (Wildman–Crippen MR) is 193 cm³/mol. The molecule has 1 aliphatic heterocycles. The van der Waals surface area contributed by atoms with Crippen LogP contribution in [0.1, 0.15) is 85.3 Å². The number of benzene rings is 2. The van der Waals surface area contributed by atoms with Gasteiger partial charge in [-0.25, -0.2) is 4.79 Å². The van der Waals surface area contributed by atoms with E-state index in [9.17, 15) is 19.5 Å². The fraction of sp³-hybridized carbons (Fsp3) is 0.571. The first kappa shape index (κ1) is 37.9. The predicted octanol–water partition coefficient (Wildman–Crippen LogP) is 5.30. The summed E-state index contributed by atoms with van der Waals surface area (Å²) in [4.78, 5) is 55.0. The van der Waals surface area contributed by atoms with Crippen LogP contribution in [0.4, 0.5) is 0 Å². The van der Waals surface area contributed by atoms with Gasteiger partial charge in [-0.05, 0) is 48.0 Å². The summed E-state index contributed by atoms with van der Waals surface area (Å²) in [6, 6.07) is 18.6. The highest BCUT2D eigenvalue weighted by atomic mass is 16.6. The lowest BCUT2D eigenvalue weighted by Gasteiger charge is -2.69. The highest BCUT2D eigenvalue weighted by molar-refractivity contribution is 5.91. The Bertz CT molecular complexity index is 1720. The normalized spacial score (nSPS) is 35.6. The molecule has 0 unspecified atom stereocenters. The molecule has 280 valence electrons. The molecule has 6 rings (SSSR count). The number of nitrogens with two attached hydrogens (primary N) is 1. The summed E-state index contributed by atoms with van der Waals surface area (Å²) in [5, 5.41) is 13.3. The van der Waals surface area contributed by atoms with E-state index in [1.54, 1.807) is 0 Å². The lowest BCUT2D eigenvalue weighted by Crippen LogP contribution is -2.74. The van der Waals surface area contributed by atoms with Gasteiger partial charge in [0.15, 0.2) is 0 Å². The molecule has 52 heavy (non-hydrogen) atoms. The van der Waals surface area contributed by atoms with Crippen LogP contribution in [0.15, 0.2) is 71.8 Å². The van der Waals surface area contributed by atoms with Crippen molar-refractivity contribution in [2.45, 2.75) is 104 Å². The molecule has 0 amide bonds. The van der Waals surface area contributed by atoms with E-state index in [2.05, 4.69) is 6.92 Å². The lowest BCUT2D eigenvalue weighted by atomic mass is 9.40. The molecule has 0 radical (unpaired) electrons. The summed E-state index contributed by atoms with van der Waals surface area (Å²) >= 11 is 0. The number of hydrogen-bond acceptors (Lipinski definition) is 10. The van der Waals surface area contributed by atoms with E-state index in [-0.39, 0.29) is 18.3 Å². The number of ether oxygens (including phenoxy) is 4. The average molecular weight is 716 g/mol. The van der Waals surface area contributed by atoms with E-state index in [0.29, 0.717) is 24.2 Å². The van der Waals surface area contributed by atoms with Crippen molar-refractivity contribution >= 4 is 23.7 Å². The average Bonchev–Trinajstić information content (AvgIpc) is 3.10. The summed E-state index contributed by atoms with van der Waals surface area (Å²) in [5.41, 5.74) is 4.50. The summed E-state index contributed by atoms with van der Waals surface area (Å²) in [6.45, 7) is 14.9. The summed E-state index contributed by atoms with van der Waals surface area (Å²) in [5.74, 6) is -4.51. The number of aliphatic hydroxyl groups is 1. The summed E-state index contributed by atoms with van der Waals surface area (Å²) in [7, 11) is 0. The molecule has 10 atom stereocenters. The monoisotopic (exact) mass is 715 g/mol. The molecule has 2 bridgehead atoms. The quantitative estimate of drug-likeness (QED) is 0.210. The molecule has 0 spiro atoms. The maximum absolute atomic E-state index is 15.1. The van der Waals surface area contributed by atoms with E-state index >= 15 is 4.79 Å². The van der Waals surface area contributed by atoms with Gasteiger partial charge >= 0.3 is 17.9 Å². The second-order valence-corrected chi connectivity index (χ2v) is 16.5. The van der Waals surface area contributed by atoms with Crippen molar-refractivity contribution in [1.29, 1.82) is 0 Å². The zero-order valence-electron chi connectivity index (χ0n) is 31.5. The minimum Gasteiger partial charge on any atom is -0.461 e. The van der Waals surface area contributed by atoms with Crippen molar-refractivity contribution in [1.82, 2.24) is 0 Å². The van der Waals surface area contributed by atoms with E-state index in [4.69, 9.17) is 24.7 Å². The van der Waals surface area contributed by atoms with Crippen LogP contribution in [0, 0.1) is 34.0 Å². The molecule has 2 aromatic rings. The SMILES string of the molecule is CC(=O)O[C@H]1C[C@H]2OC[C@@]2(C)[C@H]2[C@H](C)[C@]3(O)C[C@H](OC(=O)[C@H](OC(=O)CN)C(c4ccccc4)c4ccccc4)C(C)=C([C@@H](C)C(=O)[C@]12C)C3(C)C. The number of carbonyl (C=O) groups is 4. The fourth-order valence-electron chi connectivity index (χ4n) is 10.9. The number of esters is 3. The second-order valence-electron chi connectivity index (χ2n) is 16.5. The molecular formula is C42H53NO9. The largest absolute Gasteiger partial charge is 0.461 e. The minimum absolute atomic E-state index is 0.0362. The molecule has 10 heteroatoms. The standard InChI is InChI=1S/C42H53NO9/c1-23-29(51-38(47)35(52-32(45)21-43)33(27-15-11-9-12-16-27)28-17-13-10-14-18-28)20-42(48)25(3)36-40(7)22-49-30(40)19-31(50-26(4)44)41(36,8)37(46)24(2)34(23)39(42,5)6/h9-18,24-25,29-31,33,35-36,48H,19-22,43H2,1-8H3/t24-,25+,29+,30-,31+,35-,36-,40-,41-,42-/m1/s1. The number of carbonyl (C=O) groups excluding carboxylic acids is 4. The van der Waals surface area contributed by atoms with Gasteiger partial charge in [0.05, 0.1) is 36.2 Å². The van der Waals surface area contributed by atoms with Crippen LogP contribution in [0.25, 0.3) is 0 Å². The van der Waals surface area contributed by atoms with E-state index in [1.807, 2.05) is 102 Å². The first-order valence-electron chi connectivity index (χ1n) is 18.4. The van der Waals surface area contributed by atoms with Crippen LogP contribution >= 0.6 is 0 Å². The molecule has 3 N–H and O–H groups in total. The number of ketones is 1. The Hall–Kier alpha value is -3.86. The van der Waals surface area contributed by atoms with Crippen molar-refractivity contribution < 1.29 is 43.2 Å². The molecule has 3 fully saturated rings. The number of rotatable bonds is 8. The first-order chi connectivity index (χ1) is 24.4. The van der Waals surface area contributed by atoms with Crippen LogP contribution in [-0.2, 0) is 38.1 Å². The van der Waals surface area contributed by atoms with Gasteiger partial charge in [0.1, 0.15) is 18.0 Å². The third-order valence-electron chi connectivity index (χ3n) is 13.4. The van der Waals surface area contributed by atoms with Gasteiger partial charge in [-0.2, -0.15) is 0 Å². The zero-order chi connectivity index (χ0) is 38.0. The van der Waals surface area contributed by atoms with Crippen molar-refractivity contribution in [3.63, 3.8) is 0 Å². The van der Waals surface area contributed by atoms with Crippen LogP contribution in [0.2, 0.25) is 0 Å². The molecule has 4 aliphatic rings. The molecule has 2 saturated carbocycles. The maximum atomic E-state index is 15.1. The first-order valence-corrected chi connectivity index (χ1v) is 18.4. The minimum atomic E-state index is -1.49. The van der Waals surface area contributed by atoms with Crippen molar-refractivity contribution in [3.05, 3.63) is 82.9 Å². The van der Waals surface area contributed by atoms with Gasteiger partial charge < -0.3 is 29.8 Å². The summed E-state index contributed by atoms with van der Waals surface area (Å²) < 4.78 is 24.2. The zero-order valence-corrected chi connectivity index (χ0v) is 31.5. The Morgan fingerprint density at radius 1 is 0.962 bits per heavy atom. The Morgan fingerprint density at radius 3 is 2.04 bits per heavy atom. The second kappa shape index (κ2) is 13.5. The van der Waals surface area contributed by atoms with Gasteiger partial charge in [-0.3, -0.25) is 14.4 Å². The van der Waals surface area contributed by atoms with Gasteiger partial charge in [0.25, 0.3) is 0 Å². The van der Waals surface area contributed by atoms with Gasteiger partial charge in [-0.1, -0.05) is 95.3 Å². The van der Waals surface area contributed by atoms with Crippen LogP contribution in [0.5, 0.6) is 0 Å². The van der Waals surface area contributed by atoms with Crippen molar-refractivity contribution in [2.75, 3.05) is 13.2 Å². The van der Waals surface area contributed by atoms with Gasteiger partial charge in [0, 0.05) is 36.5 Å². The van der Waals surface area contributed by atoms with Crippen molar-refractivity contribution in [2.24, 2.45) is 39.7 Å². The third-order valence-corrected chi connectivity index (χ3v) is 13.4. The van der Waals surface area contributed by atoms with Gasteiger partial charge in [-0.15, -0.1) is 0 Å². The van der Waals surface area contributed by atoms with E-state index in [0.717, 1.165) is 11.1 Å². The molecule has 0 aromatic heterocycles. The lowest BCUT2D eigenvalue weighted by molar-refractivity contribution is -0.302. The fourth-order valence-corrected chi connectivity index (χ4v) is 10.9. The molecule has 1 heterocycles. The molecule has 3 aliphatic carbocycles. The highest BCUT2D eigenvalue weighted by Crippen LogP contribution is 2.68. The number of hydrogen-bond donors (Lipinski definition) is 2. The maximum Gasteiger partial charge on any atom is 0.349 e. The van der Waals surface area contributed by atoms with Crippen LogP contribution < -0.4 is 5.73 Å². The molecule has 10 nitrogen and oxygen atoms in total. The summed E-state index contributed by atoms with van der Waals surface area (Å²) in [6.07, 6.45) is -2.91.